The van der Waals surface area contributed by atoms with E-state index < -0.39 is 66.2 Å². The first kappa shape index (κ1) is 55.4. The zero-order chi connectivity index (χ0) is 53.7. The Labute approximate surface area is 439 Å². The van der Waals surface area contributed by atoms with Crippen LogP contribution in [0.3, 0.4) is 0 Å². The summed E-state index contributed by atoms with van der Waals surface area (Å²) in [6, 6.07) is 16.9. The predicted molar refractivity (Wildman–Crippen MR) is 276 cm³/mol. The molecule has 75 heavy (non-hydrogen) atoms. The number of morpholine rings is 1. The zero-order valence-electron chi connectivity index (χ0n) is 42.4. The highest BCUT2D eigenvalue weighted by Crippen LogP contribution is 2.59. The van der Waals surface area contributed by atoms with E-state index in [0.717, 1.165) is 85.1 Å². The Kier molecular flexibility index (Phi) is 17.4. The van der Waals surface area contributed by atoms with Gasteiger partial charge in [0.25, 0.3) is 11.8 Å². The topological polar surface area (TPSA) is 212 Å². The SMILES string of the molecule is CC(C)(C)[C@H](NC(=O)c1cc2cc(C(F)(F)P(=O)(O)O)ccc2s1)C(=O)N1C[C@@H](OCCCCCCCCCC#Cc2cccc3c2CN(C2CCC(=O)NC2=O)C3=O)C[C@H]1C(=O)N1CCO[C@H](c2ccccc2)C1. The maximum absolute atomic E-state index is 14.8. The molecule has 0 aliphatic carbocycles. The average molecular weight is 1070 g/mol. The number of hydrogen-bond acceptors (Lipinski definition) is 10. The van der Waals surface area contributed by atoms with E-state index in [1.807, 2.05) is 36.4 Å². The van der Waals surface area contributed by atoms with Crippen molar-refractivity contribution in [2.75, 3.05) is 32.8 Å². The number of ether oxygens (including phenoxy) is 2. The monoisotopic (exact) mass is 1070 g/mol. The fourth-order valence-electron chi connectivity index (χ4n) is 10.2. The second-order valence-electron chi connectivity index (χ2n) is 20.8. The quantitative estimate of drug-likeness (QED) is 0.0327. The Morgan fingerprint density at radius 3 is 2.40 bits per heavy atom. The van der Waals surface area contributed by atoms with Crippen LogP contribution in [0.4, 0.5) is 8.78 Å². The summed E-state index contributed by atoms with van der Waals surface area (Å²) in [5, 5.41) is 5.38. The molecule has 0 radical (unpaired) electrons. The Bertz CT molecular complexity index is 2910. The second-order valence-corrected chi connectivity index (χ2v) is 23.5. The summed E-state index contributed by atoms with van der Waals surface area (Å²) in [6.07, 6.45) is 7.43. The number of benzene rings is 3. The van der Waals surface area contributed by atoms with Gasteiger partial charge in [0.05, 0.1) is 24.1 Å². The number of halogens is 2. The number of piperidine rings is 1. The minimum absolute atomic E-state index is 0.0967. The minimum atomic E-state index is -5.83. The number of alkyl halides is 2. The number of carbonyl (C=O) groups is 6. The van der Waals surface area contributed by atoms with Crippen molar-refractivity contribution in [3.8, 4) is 11.8 Å². The lowest BCUT2D eigenvalue weighted by Gasteiger charge is -2.38. The molecule has 0 saturated carbocycles. The van der Waals surface area contributed by atoms with Crippen molar-refractivity contribution < 1.29 is 61.4 Å². The highest BCUT2D eigenvalue weighted by atomic mass is 32.1. The highest BCUT2D eigenvalue weighted by molar-refractivity contribution is 7.52. The summed E-state index contributed by atoms with van der Waals surface area (Å²) in [6.45, 7) is 7.16. The van der Waals surface area contributed by atoms with Gasteiger partial charge in [0, 0.05) is 66.9 Å². The van der Waals surface area contributed by atoms with Crippen LogP contribution in [-0.4, -0.2) is 117 Å². The smallest absolute Gasteiger partial charge is 0.376 e. The average Bonchev–Trinajstić information content (AvgIpc) is 4.11. The number of unbranched alkanes of at least 4 members (excludes halogenated alkanes) is 7. The van der Waals surface area contributed by atoms with E-state index in [9.17, 15) is 51.9 Å². The number of nitrogens with zero attached hydrogens (tertiary/aromatic N) is 3. The third-order valence-corrected chi connectivity index (χ3v) is 16.4. The van der Waals surface area contributed by atoms with Gasteiger partial charge in [0.2, 0.25) is 23.6 Å². The van der Waals surface area contributed by atoms with E-state index >= 15 is 0 Å². The number of amides is 6. The molecule has 5 heterocycles. The minimum Gasteiger partial charge on any atom is -0.376 e. The third-order valence-electron chi connectivity index (χ3n) is 14.3. The number of imide groups is 1. The maximum atomic E-state index is 14.8. The molecule has 0 bridgehead atoms. The van der Waals surface area contributed by atoms with Crippen molar-refractivity contribution in [3.63, 3.8) is 0 Å². The molecule has 1 unspecified atom stereocenters. The third kappa shape index (κ3) is 12.9. The molecule has 1 aromatic heterocycles. The first-order valence-corrected chi connectivity index (χ1v) is 28.1. The van der Waals surface area contributed by atoms with Crippen molar-refractivity contribution in [1.29, 1.82) is 0 Å². The van der Waals surface area contributed by atoms with Gasteiger partial charge in [-0.1, -0.05) is 107 Å². The Hall–Kier alpha value is -5.87. The van der Waals surface area contributed by atoms with Gasteiger partial charge in [-0.15, -0.1) is 11.3 Å². The molecular formula is C55H64F2N5O11PS. The van der Waals surface area contributed by atoms with Crippen LogP contribution < -0.4 is 10.6 Å². The number of rotatable bonds is 18. The van der Waals surface area contributed by atoms with E-state index in [2.05, 4.69) is 22.5 Å². The number of hydrogen-bond donors (Lipinski definition) is 4. The molecule has 4 aliphatic rings. The number of likely N-dealkylation sites (tertiary alicyclic amines) is 1. The lowest BCUT2D eigenvalue weighted by atomic mass is 9.85. The van der Waals surface area contributed by atoms with Crippen molar-refractivity contribution in [3.05, 3.63) is 105 Å². The van der Waals surface area contributed by atoms with Crippen LogP contribution in [0.2, 0.25) is 0 Å². The van der Waals surface area contributed by atoms with E-state index in [-0.39, 0.29) is 60.0 Å². The van der Waals surface area contributed by atoms with Gasteiger partial charge in [-0.25, -0.2) is 0 Å². The fraction of sp³-hybridized carbons (Fsp3) is 0.491. The summed E-state index contributed by atoms with van der Waals surface area (Å²) in [5.74, 6) is 4.15. The molecule has 4 aliphatic heterocycles. The van der Waals surface area contributed by atoms with Crippen molar-refractivity contribution in [1.82, 2.24) is 25.3 Å². The van der Waals surface area contributed by atoms with Crippen LogP contribution in [0.15, 0.2) is 72.8 Å². The van der Waals surface area contributed by atoms with E-state index in [0.29, 0.717) is 49.4 Å². The van der Waals surface area contributed by atoms with Crippen LogP contribution in [-0.2, 0) is 45.4 Å². The maximum Gasteiger partial charge on any atom is 0.399 e. The van der Waals surface area contributed by atoms with Crippen molar-refractivity contribution in [2.45, 2.75) is 134 Å². The second kappa shape index (κ2) is 23.6. The molecule has 6 amide bonds. The van der Waals surface area contributed by atoms with Crippen LogP contribution in [0.1, 0.15) is 140 Å². The van der Waals surface area contributed by atoms with Crippen molar-refractivity contribution >= 4 is 64.5 Å². The summed E-state index contributed by atoms with van der Waals surface area (Å²) in [5.41, 5.74) is -3.12. The molecule has 400 valence electrons. The summed E-state index contributed by atoms with van der Waals surface area (Å²) in [4.78, 5) is 104. The van der Waals surface area contributed by atoms with Gasteiger partial charge in [-0.3, -0.25) is 38.6 Å². The van der Waals surface area contributed by atoms with E-state index in [1.54, 1.807) is 37.8 Å². The molecule has 0 spiro atoms. The summed E-state index contributed by atoms with van der Waals surface area (Å²) < 4.78 is 53.6. The standard InChI is InChI=1S/C55H64F2N5O11PS/c1-54(2,3)48(59-50(65)46-30-37-29-38(22-24-45(37)75-46)55(56,57)74(69,70)71)53(68)61-32-39(31-43(61)52(67)60-26-28-73-44(34-60)36-18-13-11-14-19-36)72-27-15-10-8-6-4-5-7-9-12-17-35-20-16-21-40-41(35)33-62(51(40)66)42-23-25-47(63)58-49(42)64/h11,13-14,16,18-22,24,29-30,39,42-44,48H,4-10,15,23,25-28,31-34H2,1-3H3,(H,59,65)(H,58,63,64)(H2,69,70,71)/t39-,42?,43-,44-,48+/m0/s1. The number of carbonyl (C=O) groups excluding carboxylic acids is 6. The van der Waals surface area contributed by atoms with Gasteiger partial charge in [0.15, 0.2) is 0 Å². The predicted octanol–water partition coefficient (Wildman–Crippen LogP) is 7.79. The summed E-state index contributed by atoms with van der Waals surface area (Å²) >= 11 is 0.982. The molecule has 16 nitrogen and oxygen atoms in total. The van der Waals surface area contributed by atoms with Crippen LogP contribution >= 0.6 is 18.9 Å². The molecule has 4 aromatic rings. The first-order valence-electron chi connectivity index (χ1n) is 25.6. The molecule has 4 N–H and O–H groups in total. The van der Waals surface area contributed by atoms with Gasteiger partial charge >= 0.3 is 13.3 Å². The van der Waals surface area contributed by atoms with E-state index in [4.69, 9.17) is 9.47 Å². The highest BCUT2D eigenvalue weighted by Gasteiger charge is 2.51. The van der Waals surface area contributed by atoms with Gasteiger partial charge in [0.1, 0.15) is 24.2 Å². The van der Waals surface area contributed by atoms with Crippen LogP contribution in [0.25, 0.3) is 10.1 Å². The zero-order valence-corrected chi connectivity index (χ0v) is 44.1. The lowest BCUT2D eigenvalue weighted by Crippen LogP contribution is -2.58. The number of fused-ring (bicyclic) bond motifs is 2. The Morgan fingerprint density at radius 2 is 1.68 bits per heavy atom. The fourth-order valence-corrected chi connectivity index (χ4v) is 11.6. The van der Waals surface area contributed by atoms with Gasteiger partial charge in [-0.2, -0.15) is 8.78 Å². The Morgan fingerprint density at radius 1 is 0.947 bits per heavy atom. The van der Waals surface area contributed by atoms with E-state index in [1.165, 1.54) is 21.9 Å². The molecule has 3 fully saturated rings. The molecule has 5 atom stereocenters. The van der Waals surface area contributed by atoms with Gasteiger partial charge in [-0.05, 0) is 71.5 Å². The molecule has 3 saturated heterocycles. The first-order chi connectivity index (χ1) is 35.7. The van der Waals surface area contributed by atoms with Crippen LogP contribution in [0, 0.1) is 17.3 Å². The lowest BCUT2D eigenvalue weighted by molar-refractivity contribution is -0.150. The molecule has 8 rings (SSSR count). The molecule has 20 heteroatoms. The van der Waals surface area contributed by atoms with Crippen LogP contribution in [0.5, 0.6) is 0 Å². The normalized spacial score (nSPS) is 20.7. The van der Waals surface area contributed by atoms with Crippen molar-refractivity contribution in [2.24, 2.45) is 5.41 Å². The van der Waals surface area contributed by atoms with Gasteiger partial charge < -0.3 is 39.3 Å². The molecular weight excluding hydrogens is 1010 g/mol. The number of nitrogens with one attached hydrogen (secondary N) is 2. The largest absolute Gasteiger partial charge is 0.399 e. The molecule has 3 aromatic carbocycles. The summed E-state index contributed by atoms with van der Waals surface area (Å²) in [7, 11) is -5.83. The number of thiophene rings is 1. The Balaban J connectivity index is 0.836.